The lowest BCUT2D eigenvalue weighted by Crippen LogP contribution is -2.39. The van der Waals surface area contributed by atoms with Gasteiger partial charge in [0.15, 0.2) is 15.8 Å². The van der Waals surface area contributed by atoms with E-state index in [4.69, 9.17) is 0 Å². The topological polar surface area (TPSA) is 92.5 Å². The summed E-state index contributed by atoms with van der Waals surface area (Å²) in [6.07, 6.45) is 1.50. The molecule has 1 heterocycles. The zero-order valence-electron chi connectivity index (χ0n) is 14.9. The van der Waals surface area contributed by atoms with Crippen LogP contribution in [0.15, 0.2) is 11.3 Å². The van der Waals surface area contributed by atoms with Crippen LogP contribution in [0.3, 0.4) is 0 Å². The van der Waals surface area contributed by atoms with Gasteiger partial charge in [-0.15, -0.1) is 0 Å². The molecular weight excluding hydrogens is 316 g/mol. The third kappa shape index (κ3) is 5.49. The predicted molar refractivity (Wildman–Crippen MR) is 92.0 cm³/mol. The first-order valence-electron chi connectivity index (χ1n) is 7.63. The van der Waals surface area contributed by atoms with Gasteiger partial charge in [-0.1, -0.05) is 0 Å². The summed E-state index contributed by atoms with van der Waals surface area (Å²) in [4.78, 5) is 10.5. The van der Waals surface area contributed by atoms with E-state index in [1.165, 1.54) is 6.33 Å². The van der Waals surface area contributed by atoms with Crippen LogP contribution in [0.5, 0.6) is 0 Å². The van der Waals surface area contributed by atoms with Crippen LogP contribution in [0.25, 0.3) is 0 Å². The van der Waals surface area contributed by atoms with E-state index in [-0.39, 0.29) is 12.3 Å². The molecule has 0 bridgehead atoms. The van der Waals surface area contributed by atoms with Gasteiger partial charge in [-0.05, 0) is 27.7 Å². The fourth-order valence-corrected chi connectivity index (χ4v) is 2.74. The Morgan fingerprint density at radius 3 is 2.57 bits per heavy atom. The van der Waals surface area contributed by atoms with Crippen molar-refractivity contribution in [3.05, 3.63) is 12.2 Å². The Morgan fingerprint density at radius 1 is 1.43 bits per heavy atom. The van der Waals surface area contributed by atoms with Crippen LogP contribution in [0.1, 0.15) is 33.5 Å². The van der Waals surface area contributed by atoms with Gasteiger partial charge in [0, 0.05) is 20.6 Å². The molecule has 1 N–H and O–H groups in total. The Kier molecular flexibility index (Phi) is 6.55. The lowest BCUT2D eigenvalue weighted by molar-refractivity contribution is 0.449. The second-order valence-electron chi connectivity index (χ2n) is 6.32. The third-order valence-electron chi connectivity index (χ3n) is 3.43. The molecule has 1 aromatic rings. The van der Waals surface area contributed by atoms with Gasteiger partial charge in [-0.2, -0.15) is 5.10 Å². The summed E-state index contributed by atoms with van der Waals surface area (Å²) in [5.41, 5.74) is 0. The monoisotopic (exact) mass is 344 g/mol. The van der Waals surface area contributed by atoms with E-state index in [1.807, 2.05) is 25.9 Å². The van der Waals surface area contributed by atoms with E-state index in [0.29, 0.717) is 19.0 Å². The molecule has 0 saturated carbocycles. The maximum atomic E-state index is 12.1. The molecule has 9 heteroatoms. The van der Waals surface area contributed by atoms with Crippen molar-refractivity contribution < 1.29 is 8.42 Å². The summed E-state index contributed by atoms with van der Waals surface area (Å²) in [5, 5.41) is 7.20. The number of aromatic nitrogens is 3. The Labute approximate surface area is 138 Å². The smallest absolute Gasteiger partial charge is 0.194 e. The highest BCUT2D eigenvalue weighted by atomic mass is 32.2. The quantitative estimate of drug-likeness (QED) is 0.594. The molecule has 1 rings (SSSR count). The molecule has 0 aromatic carbocycles. The van der Waals surface area contributed by atoms with Gasteiger partial charge >= 0.3 is 0 Å². The molecule has 0 amide bonds. The molecule has 0 radical (unpaired) electrons. The van der Waals surface area contributed by atoms with Crippen molar-refractivity contribution in [2.45, 2.75) is 39.0 Å². The molecule has 0 atom stereocenters. The number of hydrogen-bond donors (Lipinski definition) is 1. The minimum absolute atomic E-state index is 0.0309. The Balaban J connectivity index is 2.75. The van der Waals surface area contributed by atoms with Crippen molar-refractivity contribution in [3.8, 4) is 0 Å². The molecule has 132 valence electrons. The first-order valence-corrected chi connectivity index (χ1v) is 9.28. The van der Waals surface area contributed by atoms with Crippen molar-refractivity contribution in [1.82, 2.24) is 25.0 Å². The van der Waals surface area contributed by atoms with E-state index < -0.39 is 14.6 Å². The summed E-state index contributed by atoms with van der Waals surface area (Å²) in [6.45, 7) is 8.55. The van der Waals surface area contributed by atoms with Crippen LogP contribution in [0.2, 0.25) is 0 Å². The molecule has 8 nitrogen and oxygen atoms in total. The van der Waals surface area contributed by atoms with E-state index in [2.05, 4.69) is 20.4 Å². The van der Waals surface area contributed by atoms with E-state index in [1.54, 1.807) is 25.5 Å². The zero-order chi connectivity index (χ0) is 17.7. The molecule has 23 heavy (non-hydrogen) atoms. The maximum Gasteiger partial charge on any atom is 0.194 e. The van der Waals surface area contributed by atoms with Crippen molar-refractivity contribution >= 4 is 15.8 Å². The van der Waals surface area contributed by atoms with Crippen molar-refractivity contribution in [3.63, 3.8) is 0 Å². The summed E-state index contributed by atoms with van der Waals surface area (Å²) in [7, 11) is 0.542. The second kappa shape index (κ2) is 7.76. The van der Waals surface area contributed by atoms with Gasteiger partial charge in [-0.3, -0.25) is 9.67 Å². The number of hydrogen-bond acceptors (Lipinski definition) is 5. The summed E-state index contributed by atoms with van der Waals surface area (Å²) >= 11 is 0. The molecule has 0 aliphatic rings. The van der Waals surface area contributed by atoms with Crippen LogP contribution in [0, 0.1) is 0 Å². The molecule has 0 unspecified atom stereocenters. The predicted octanol–water partition coefficient (Wildman–Crippen LogP) is 0.426. The maximum absolute atomic E-state index is 12.1. The highest BCUT2D eigenvalue weighted by Gasteiger charge is 2.28. The Morgan fingerprint density at radius 2 is 2.09 bits per heavy atom. The SMILES string of the molecule is CCNC(=NCCS(=O)(=O)C(C)(C)C)N(C)Cc1ncnn1C. The second-order valence-corrected chi connectivity index (χ2v) is 9.19. The molecule has 0 aliphatic carbocycles. The van der Waals surface area contributed by atoms with Gasteiger partial charge in [0.05, 0.1) is 23.6 Å². The number of aryl methyl sites for hydroxylation is 1. The lowest BCUT2D eigenvalue weighted by Gasteiger charge is -2.22. The highest BCUT2D eigenvalue weighted by molar-refractivity contribution is 7.92. The Bertz CT molecular complexity index is 630. The van der Waals surface area contributed by atoms with Crippen LogP contribution in [-0.2, 0) is 23.4 Å². The minimum atomic E-state index is -3.17. The Hall–Kier alpha value is -1.64. The normalized spacial score (nSPS) is 13.2. The number of rotatable bonds is 6. The van der Waals surface area contributed by atoms with Gasteiger partial charge in [0.1, 0.15) is 12.2 Å². The lowest BCUT2D eigenvalue weighted by atomic mass is 10.3. The molecule has 0 spiro atoms. The average Bonchev–Trinajstić information content (AvgIpc) is 2.82. The van der Waals surface area contributed by atoms with Crippen molar-refractivity contribution in [1.29, 1.82) is 0 Å². The van der Waals surface area contributed by atoms with E-state index >= 15 is 0 Å². The summed E-state index contributed by atoms with van der Waals surface area (Å²) in [5.74, 6) is 1.49. The highest BCUT2D eigenvalue weighted by Crippen LogP contribution is 2.15. The molecule has 0 aliphatic heterocycles. The molecule has 1 aromatic heterocycles. The largest absolute Gasteiger partial charge is 0.357 e. The van der Waals surface area contributed by atoms with Gasteiger partial charge in [0.25, 0.3) is 0 Å². The number of nitrogens with zero attached hydrogens (tertiary/aromatic N) is 5. The van der Waals surface area contributed by atoms with Crippen LogP contribution >= 0.6 is 0 Å². The standard InChI is InChI=1S/C14H28N6O2S/c1-7-15-13(16-8-9-23(21,22)14(2,3)4)19(5)10-12-17-11-18-20(12)6/h11H,7-10H2,1-6H3,(H,15,16). The molecule has 0 fully saturated rings. The van der Waals surface area contributed by atoms with E-state index in [0.717, 1.165) is 5.82 Å². The fourth-order valence-electron chi connectivity index (χ4n) is 1.80. The number of guanidine groups is 1. The van der Waals surface area contributed by atoms with Gasteiger partial charge < -0.3 is 10.2 Å². The number of nitrogens with one attached hydrogen (secondary N) is 1. The van der Waals surface area contributed by atoms with Crippen molar-refractivity contribution in [2.75, 3.05) is 25.9 Å². The molecular formula is C14H28N6O2S. The zero-order valence-corrected chi connectivity index (χ0v) is 15.7. The van der Waals surface area contributed by atoms with Crippen LogP contribution < -0.4 is 5.32 Å². The molecule has 0 saturated heterocycles. The van der Waals surface area contributed by atoms with E-state index in [9.17, 15) is 8.42 Å². The third-order valence-corrected chi connectivity index (χ3v) is 6.02. The van der Waals surface area contributed by atoms with Gasteiger partial charge in [-0.25, -0.2) is 13.4 Å². The first kappa shape index (κ1) is 19.4. The first-order chi connectivity index (χ1) is 10.6. The number of aliphatic imine (C=N–C) groups is 1. The minimum Gasteiger partial charge on any atom is -0.357 e. The van der Waals surface area contributed by atoms with Crippen LogP contribution in [0.4, 0.5) is 0 Å². The fraction of sp³-hybridized carbons (Fsp3) is 0.786. The summed E-state index contributed by atoms with van der Waals surface area (Å²) < 4.78 is 25.2. The summed E-state index contributed by atoms with van der Waals surface area (Å²) in [6, 6.07) is 0. The average molecular weight is 344 g/mol. The van der Waals surface area contributed by atoms with Crippen LogP contribution in [-0.4, -0.2) is 64.7 Å². The van der Waals surface area contributed by atoms with Crippen molar-refractivity contribution in [2.24, 2.45) is 12.0 Å². The number of sulfone groups is 1. The van der Waals surface area contributed by atoms with Gasteiger partial charge in [0.2, 0.25) is 0 Å².